The van der Waals surface area contributed by atoms with Crippen LogP contribution >= 0.6 is 48.0 Å². The molecule has 0 aliphatic heterocycles. The number of aliphatic carboxylic acids is 1. The summed E-state index contributed by atoms with van der Waals surface area (Å²) in [5.41, 5.74) is 8.74. The first-order valence-corrected chi connectivity index (χ1v) is 11.4. The third kappa shape index (κ3) is 8.68. The number of carbonyl (C=O) groups excluding carboxylic acids is 1. The standard InChI is InChI=1S/C21H31Cl2N5O3.2ClH/c1-13(2)10-17(21(30)31)26-20(29)15(24)12-19-25-16-11-14(4-5-18(16)27(19)3)28(8-6-22)9-7-23;;/h4-5,11,13,15,17H,6-10,12,24H2,1-3H3,(H,26,29)(H,30,31);2*1H. The zero-order valence-electron chi connectivity index (χ0n) is 19.0. The van der Waals surface area contributed by atoms with Gasteiger partial charge in [-0.25, -0.2) is 9.78 Å². The Hall–Kier alpha value is -1.45. The number of halogens is 4. The number of nitrogens with two attached hydrogens (primary N) is 1. The minimum atomic E-state index is -1.07. The van der Waals surface area contributed by atoms with E-state index in [0.717, 1.165) is 16.7 Å². The van der Waals surface area contributed by atoms with Crippen molar-refractivity contribution in [3.63, 3.8) is 0 Å². The SMILES string of the molecule is CC(C)CC(NC(=O)C(N)Cc1nc2cc(N(CCCl)CCCl)ccc2n1C)C(=O)O.Cl.Cl. The van der Waals surface area contributed by atoms with E-state index in [9.17, 15) is 14.7 Å². The molecule has 0 radical (unpaired) electrons. The van der Waals surface area contributed by atoms with Crippen LogP contribution in [0.15, 0.2) is 18.2 Å². The molecule has 188 valence electrons. The van der Waals surface area contributed by atoms with Crippen molar-refractivity contribution in [2.45, 2.75) is 38.8 Å². The van der Waals surface area contributed by atoms with E-state index < -0.39 is 24.0 Å². The molecule has 1 aromatic heterocycles. The van der Waals surface area contributed by atoms with E-state index in [-0.39, 0.29) is 37.2 Å². The minimum Gasteiger partial charge on any atom is -0.480 e. The first kappa shape index (κ1) is 31.6. The van der Waals surface area contributed by atoms with Crippen molar-refractivity contribution in [3.05, 3.63) is 24.0 Å². The second kappa shape index (κ2) is 14.7. The highest BCUT2D eigenvalue weighted by molar-refractivity contribution is 6.18. The van der Waals surface area contributed by atoms with Gasteiger partial charge in [0.25, 0.3) is 0 Å². The van der Waals surface area contributed by atoms with E-state index in [0.29, 0.717) is 37.1 Å². The van der Waals surface area contributed by atoms with Crippen LogP contribution in [0.5, 0.6) is 0 Å². The molecule has 0 bridgehead atoms. The van der Waals surface area contributed by atoms with Crippen molar-refractivity contribution in [1.29, 1.82) is 0 Å². The number of nitrogens with zero attached hydrogens (tertiary/aromatic N) is 3. The number of aromatic nitrogens is 2. The molecule has 0 saturated carbocycles. The highest BCUT2D eigenvalue weighted by Gasteiger charge is 2.25. The smallest absolute Gasteiger partial charge is 0.326 e. The summed E-state index contributed by atoms with van der Waals surface area (Å²) < 4.78 is 1.89. The Morgan fingerprint density at radius 2 is 1.82 bits per heavy atom. The summed E-state index contributed by atoms with van der Waals surface area (Å²) in [5, 5.41) is 11.9. The Balaban J connectivity index is 0.00000512. The van der Waals surface area contributed by atoms with Gasteiger partial charge in [-0.3, -0.25) is 4.79 Å². The predicted molar refractivity (Wildman–Crippen MR) is 140 cm³/mol. The number of benzene rings is 1. The number of alkyl halides is 2. The number of imidazole rings is 1. The van der Waals surface area contributed by atoms with Crippen molar-refractivity contribution in [3.8, 4) is 0 Å². The Morgan fingerprint density at radius 3 is 2.33 bits per heavy atom. The van der Waals surface area contributed by atoms with E-state index in [4.69, 9.17) is 28.9 Å². The van der Waals surface area contributed by atoms with E-state index >= 15 is 0 Å². The van der Waals surface area contributed by atoms with Gasteiger partial charge in [0.15, 0.2) is 0 Å². The van der Waals surface area contributed by atoms with Crippen molar-refractivity contribution >= 4 is 76.6 Å². The molecule has 0 saturated heterocycles. The summed E-state index contributed by atoms with van der Waals surface area (Å²) in [4.78, 5) is 30.6. The largest absolute Gasteiger partial charge is 0.480 e. The second-order valence-corrected chi connectivity index (χ2v) is 8.72. The van der Waals surface area contributed by atoms with Crippen LogP contribution in [0.4, 0.5) is 5.69 Å². The van der Waals surface area contributed by atoms with Crippen LogP contribution in [0.2, 0.25) is 0 Å². The molecule has 4 N–H and O–H groups in total. The van der Waals surface area contributed by atoms with Gasteiger partial charge >= 0.3 is 5.97 Å². The molecule has 12 heteroatoms. The van der Waals surface area contributed by atoms with Crippen LogP contribution < -0.4 is 16.0 Å². The van der Waals surface area contributed by atoms with Crippen molar-refractivity contribution < 1.29 is 14.7 Å². The molecule has 2 unspecified atom stereocenters. The number of hydrogen-bond acceptors (Lipinski definition) is 5. The lowest BCUT2D eigenvalue weighted by Crippen LogP contribution is -2.49. The van der Waals surface area contributed by atoms with Gasteiger partial charge in [-0.2, -0.15) is 0 Å². The number of nitrogens with one attached hydrogen (secondary N) is 1. The van der Waals surface area contributed by atoms with Crippen LogP contribution in [0.3, 0.4) is 0 Å². The summed E-state index contributed by atoms with van der Waals surface area (Å²) in [6.07, 6.45) is 0.525. The first-order chi connectivity index (χ1) is 14.7. The molecular weight excluding hydrogens is 512 g/mol. The Bertz CT molecular complexity index is 903. The molecule has 0 spiro atoms. The van der Waals surface area contributed by atoms with Gasteiger partial charge in [0.05, 0.1) is 17.1 Å². The van der Waals surface area contributed by atoms with Crippen LogP contribution in [-0.4, -0.2) is 63.5 Å². The summed E-state index contributed by atoms with van der Waals surface area (Å²) in [7, 11) is 1.86. The van der Waals surface area contributed by atoms with Gasteiger partial charge in [-0.05, 0) is 30.5 Å². The Kier molecular flexibility index (Phi) is 14.1. The monoisotopic (exact) mass is 543 g/mol. The molecular formula is C21H33Cl4N5O3. The van der Waals surface area contributed by atoms with E-state index in [1.54, 1.807) is 0 Å². The van der Waals surface area contributed by atoms with Crippen LogP contribution in [0, 0.1) is 5.92 Å². The predicted octanol–water partition coefficient (Wildman–Crippen LogP) is 3.19. The second-order valence-electron chi connectivity index (χ2n) is 7.96. The molecule has 1 amide bonds. The topological polar surface area (TPSA) is 113 Å². The number of carboxylic acid groups (broad SMARTS) is 1. The lowest BCUT2D eigenvalue weighted by atomic mass is 10.0. The van der Waals surface area contributed by atoms with E-state index in [1.165, 1.54) is 0 Å². The fraction of sp³-hybridized carbons (Fsp3) is 0.571. The summed E-state index contributed by atoms with van der Waals surface area (Å²) in [6, 6.07) is 4.05. The maximum absolute atomic E-state index is 12.5. The maximum atomic E-state index is 12.5. The quantitative estimate of drug-likeness (QED) is 0.354. The molecule has 0 fully saturated rings. The highest BCUT2D eigenvalue weighted by atomic mass is 35.5. The number of carboxylic acids is 1. The molecule has 0 aliphatic rings. The van der Waals surface area contributed by atoms with Crippen LogP contribution in [0.25, 0.3) is 11.0 Å². The molecule has 1 aromatic carbocycles. The summed E-state index contributed by atoms with van der Waals surface area (Å²) in [5.74, 6) is 0.177. The van der Waals surface area contributed by atoms with Crippen molar-refractivity contribution in [2.24, 2.45) is 18.7 Å². The fourth-order valence-electron chi connectivity index (χ4n) is 3.45. The van der Waals surface area contributed by atoms with Crippen molar-refractivity contribution in [2.75, 3.05) is 29.7 Å². The number of aryl methyl sites for hydroxylation is 1. The third-order valence-electron chi connectivity index (χ3n) is 5.09. The molecule has 33 heavy (non-hydrogen) atoms. The third-order valence-corrected chi connectivity index (χ3v) is 5.43. The Labute approximate surface area is 217 Å². The van der Waals surface area contributed by atoms with Crippen LogP contribution in [-0.2, 0) is 23.1 Å². The average Bonchev–Trinajstić information content (AvgIpc) is 3.01. The minimum absolute atomic E-state index is 0. The number of hydrogen-bond donors (Lipinski definition) is 3. The van der Waals surface area contributed by atoms with Gasteiger partial charge in [0.2, 0.25) is 5.91 Å². The molecule has 8 nitrogen and oxygen atoms in total. The summed E-state index contributed by atoms with van der Waals surface area (Å²) in [6.45, 7) is 5.14. The number of anilines is 1. The molecule has 2 atom stereocenters. The zero-order chi connectivity index (χ0) is 23.1. The lowest BCUT2D eigenvalue weighted by Gasteiger charge is -2.22. The number of amides is 1. The summed E-state index contributed by atoms with van der Waals surface area (Å²) >= 11 is 11.8. The highest BCUT2D eigenvalue weighted by Crippen LogP contribution is 2.23. The average molecular weight is 545 g/mol. The van der Waals surface area contributed by atoms with Gasteiger partial charge in [0, 0.05) is 44.0 Å². The fourth-order valence-corrected chi connectivity index (χ4v) is 3.86. The van der Waals surface area contributed by atoms with Gasteiger partial charge < -0.3 is 25.6 Å². The molecule has 1 heterocycles. The number of carbonyl (C=O) groups is 2. The Morgan fingerprint density at radius 1 is 1.21 bits per heavy atom. The maximum Gasteiger partial charge on any atom is 0.326 e. The van der Waals surface area contributed by atoms with Gasteiger partial charge in [-0.15, -0.1) is 48.0 Å². The normalized spacial score (nSPS) is 12.6. The zero-order valence-corrected chi connectivity index (χ0v) is 22.1. The van der Waals surface area contributed by atoms with E-state index in [1.807, 2.05) is 43.7 Å². The molecule has 2 aromatic rings. The van der Waals surface area contributed by atoms with E-state index in [2.05, 4.69) is 15.2 Å². The molecule has 2 rings (SSSR count). The number of rotatable bonds is 12. The number of fused-ring (bicyclic) bond motifs is 1. The van der Waals surface area contributed by atoms with Gasteiger partial charge in [-0.1, -0.05) is 13.8 Å². The lowest BCUT2D eigenvalue weighted by molar-refractivity contribution is -0.142. The van der Waals surface area contributed by atoms with Crippen LogP contribution in [0.1, 0.15) is 26.1 Å². The van der Waals surface area contributed by atoms with Gasteiger partial charge in [0.1, 0.15) is 11.9 Å². The van der Waals surface area contributed by atoms with Crippen molar-refractivity contribution in [1.82, 2.24) is 14.9 Å². The molecule has 0 aliphatic carbocycles. The first-order valence-electron chi connectivity index (χ1n) is 10.3.